The van der Waals surface area contributed by atoms with Gasteiger partial charge in [-0.15, -0.1) is 0 Å². The molecule has 2 aromatic rings. The van der Waals surface area contributed by atoms with E-state index < -0.39 is 29.2 Å². The van der Waals surface area contributed by atoms with E-state index in [0.717, 1.165) is 36.2 Å². The van der Waals surface area contributed by atoms with Crippen LogP contribution in [-0.4, -0.2) is 30.0 Å². The second-order valence-corrected chi connectivity index (χ2v) is 7.11. The molecule has 1 aromatic carbocycles. The molecule has 5 nitrogen and oxygen atoms in total. The van der Waals surface area contributed by atoms with E-state index in [4.69, 9.17) is 4.74 Å². The van der Waals surface area contributed by atoms with Crippen molar-refractivity contribution in [3.05, 3.63) is 52.1 Å². The molecule has 1 heterocycles. The number of carbonyl (C=O) groups is 2. The third-order valence-corrected chi connectivity index (χ3v) is 5.06. The molecule has 0 unspecified atom stereocenters. The number of aromatic nitrogens is 1. The fraction of sp³-hybridized carbons (Fsp3) is 0.478. The molecule has 0 bridgehead atoms. The number of rotatable bonds is 8. The first kappa shape index (κ1) is 26.3. The van der Waals surface area contributed by atoms with Gasteiger partial charge in [0.2, 0.25) is 0 Å². The van der Waals surface area contributed by atoms with Gasteiger partial charge in [-0.05, 0) is 44.7 Å². The Kier molecular flexibility index (Phi) is 10.3. The van der Waals surface area contributed by atoms with Gasteiger partial charge in [0.15, 0.2) is 17.5 Å². The van der Waals surface area contributed by atoms with Crippen LogP contribution in [0.3, 0.4) is 0 Å². The lowest BCUT2D eigenvalue weighted by Gasteiger charge is -2.04. The molecular weight excluding hydrogens is 409 g/mol. The third-order valence-electron chi connectivity index (χ3n) is 5.06. The van der Waals surface area contributed by atoms with E-state index in [-0.39, 0.29) is 12.3 Å². The molecule has 0 aliphatic carbocycles. The fourth-order valence-corrected chi connectivity index (χ4v) is 3.27. The summed E-state index contributed by atoms with van der Waals surface area (Å²) in [6, 6.07) is 1.77. The summed E-state index contributed by atoms with van der Waals surface area (Å²) in [5.41, 5.74) is 3.84. The van der Waals surface area contributed by atoms with Crippen molar-refractivity contribution in [2.75, 3.05) is 19.0 Å². The molecule has 1 N–H and O–H groups in total. The molecule has 1 aromatic heterocycles. The highest BCUT2D eigenvalue weighted by Gasteiger charge is 2.26. The number of Topliss-reactive ketones (excluding diaryl/α,β-unsaturated/α-hetero) is 1. The number of nitrogens with zero attached hydrogens (tertiary/aromatic N) is 1. The van der Waals surface area contributed by atoms with Gasteiger partial charge in [0, 0.05) is 37.6 Å². The minimum absolute atomic E-state index is 0.210. The van der Waals surface area contributed by atoms with E-state index in [1.807, 2.05) is 25.5 Å². The van der Waals surface area contributed by atoms with Crippen LogP contribution in [0.1, 0.15) is 60.4 Å². The number of benzene rings is 1. The summed E-state index contributed by atoms with van der Waals surface area (Å²) in [6.45, 7) is 8.00. The Bertz CT molecular complexity index is 900. The van der Waals surface area contributed by atoms with E-state index in [2.05, 4.69) is 12.2 Å². The van der Waals surface area contributed by atoms with Crippen LogP contribution in [0.15, 0.2) is 12.1 Å². The van der Waals surface area contributed by atoms with Crippen molar-refractivity contribution in [3.63, 3.8) is 0 Å². The van der Waals surface area contributed by atoms with Gasteiger partial charge in [-0.2, -0.15) is 0 Å². The van der Waals surface area contributed by atoms with Crippen molar-refractivity contribution in [3.8, 4) is 0 Å². The lowest BCUT2D eigenvalue weighted by molar-refractivity contribution is -0.137. The van der Waals surface area contributed by atoms with E-state index in [1.54, 1.807) is 6.92 Å². The summed E-state index contributed by atoms with van der Waals surface area (Å²) in [7, 11) is 3.32. The lowest BCUT2D eigenvalue weighted by Crippen LogP contribution is -2.21. The maximum absolute atomic E-state index is 12.4. The lowest BCUT2D eigenvalue weighted by atomic mass is 10.0. The Morgan fingerprint density at radius 1 is 1.06 bits per heavy atom. The van der Waals surface area contributed by atoms with Gasteiger partial charge in [0.05, 0.1) is 12.3 Å². The standard InChI is InChI=1S/C16H25NO3.C7H6F3N/c1-6-8-9-10-13-11(3)14(17(5)12(13)4)15(18)16(19)20-7-2;1-11-4-2-5(8)7(10)6(9)3-4/h6-10H2,1-5H3;2-3,11H,1H3. The Hall–Kier alpha value is -2.77. The zero-order chi connectivity index (χ0) is 23.7. The topological polar surface area (TPSA) is 60.3 Å². The summed E-state index contributed by atoms with van der Waals surface area (Å²) in [4.78, 5) is 23.8. The number of carbonyl (C=O) groups excluding carboxylic acids is 2. The molecule has 0 atom stereocenters. The van der Waals surface area contributed by atoms with E-state index in [1.165, 1.54) is 25.5 Å². The predicted molar refractivity (Wildman–Crippen MR) is 115 cm³/mol. The average Bonchev–Trinajstić information content (AvgIpc) is 2.95. The van der Waals surface area contributed by atoms with E-state index in [0.29, 0.717) is 5.69 Å². The van der Waals surface area contributed by atoms with Gasteiger partial charge in [-0.1, -0.05) is 19.8 Å². The first-order valence-corrected chi connectivity index (χ1v) is 10.3. The van der Waals surface area contributed by atoms with Crippen LogP contribution in [0.2, 0.25) is 0 Å². The Morgan fingerprint density at radius 2 is 1.65 bits per heavy atom. The van der Waals surface area contributed by atoms with Crippen molar-refractivity contribution < 1.29 is 27.5 Å². The Labute approximate surface area is 181 Å². The summed E-state index contributed by atoms with van der Waals surface area (Å²) < 4.78 is 43.6. The molecule has 8 heteroatoms. The molecule has 0 aliphatic rings. The molecular formula is C23H31F3N2O3. The number of esters is 1. The number of anilines is 1. The number of ketones is 1. The maximum Gasteiger partial charge on any atom is 0.381 e. The van der Waals surface area contributed by atoms with Crippen molar-refractivity contribution in [1.29, 1.82) is 0 Å². The predicted octanol–water partition coefficient (Wildman–Crippen LogP) is 5.27. The number of hydrogen-bond acceptors (Lipinski definition) is 4. The monoisotopic (exact) mass is 440 g/mol. The van der Waals surface area contributed by atoms with Gasteiger partial charge in [0.25, 0.3) is 5.78 Å². The van der Waals surface area contributed by atoms with E-state index >= 15 is 0 Å². The number of hydrogen-bond donors (Lipinski definition) is 1. The van der Waals surface area contributed by atoms with Gasteiger partial charge >= 0.3 is 5.97 Å². The van der Waals surface area contributed by atoms with Crippen molar-refractivity contribution in [1.82, 2.24) is 4.57 Å². The highest BCUT2D eigenvalue weighted by molar-refractivity contribution is 6.40. The first-order chi connectivity index (χ1) is 14.6. The molecule has 0 saturated carbocycles. The fourth-order valence-electron chi connectivity index (χ4n) is 3.27. The number of nitrogens with one attached hydrogen (secondary N) is 1. The number of halogens is 3. The smallest absolute Gasteiger partial charge is 0.381 e. The second kappa shape index (κ2) is 12.2. The Morgan fingerprint density at radius 3 is 2.13 bits per heavy atom. The molecule has 0 fully saturated rings. The van der Waals surface area contributed by atoms with Crippen molar-refractivity contribution >= 4 is 17.4 Å². The molecule has 0 amide bonds. The third kappa shape index (κ3) is 6.60. The van der Waals surface area contributed by atoms with Crippen LogP contribution in [0.5, 0.6) is 0 Å². The summed E-state index contributed by atoms with van der Waals surface area (Å²) in [5, 5.41) is 2.49. The highest BCUT2D eigenvalue weighted by Crippen LogP contribution is 2.24. The van der Waals surface area contributed by atoms with Crippen molar-refractivity contribution in [2.45, 2.75) is 53.4 Å². The Balaban J connectivity index is 0.000000367. The maximum atomic E-state index is 12.4. The molecule has 0 saturated heterocycles. The second-order valence-electron chi connectivity index (χ2n) is 7.11. The first-order valence-electron chi connectivity index (χ1n) is 10.3. The van der Waals surface area contributed by atoms with Crippen LogP contribution in [-0.2, 0) is 23.0 Å². The van der Waals surface area contributed by atoms with Gasteiger partial charge in [0.1, 0.15) is 0 Å². The average molecular weight is 441 g/mol. The molecule has 31 heavy (non-hydrogen) atoms. The quantitative estimate of drug-likeness (QED) is 0.200. The van der Waals surface area contributed by atoms with Crippen LogP contribution in [0, 0.1) is 31.3 Å². The number of ether oxygens (including phenoxy) is 1. The molecule has 2 rings (SSSR count). The normalized spacial score (nSPS) is 10.4. The van der Waals surface area contributed by atoms with E-state index in [9.17, 15) is 22.8 Å². The van der Waals surface area contributed by atoms with Gasteiger partial charge < -0.3 is 14.6 Å². The minimum atomic E-state index is -1.44. The van der Waals surface area contributed by atoms with Crippen LogP contribution < -0.4 is 5.32 Å². The summed E-state index contributed by atoms with van der Waals surface area (Å²) >= 11 is 0. The summed E-state index contributed by atoms with van der Waals surface area (Å²) in [6.07, 6.45) is 4.40. The molecule has 0 aliphatic heterocycles. The minimum Gasteiger partial charge on any atom is -0.460 e. The molecule has 0 spiro atoms. The summed E-state index contributed by atoms with van der Waals surface area (Å²) in [5.74, 6) is -5.12. The molecule has 0 radical (unpaired) electrons. The number of unbranched alkanes of at least 4 members (excludes halogenated alkanes) is 2. The molecule has 172 valence electrons. The van der Waals surface area contributed by atoms with Crippen LogP contribution in [0.25, 0.3) is 0 Å². The zero-order valence-corrected chi connectivity index (χ0v) is 19.0. The zero-order valence-electron chi connectivity index (χ0n) is 19.0. The largest absolute Gasteiger partial charge is 0.460 e. The van der Waals surface area contributed by atoms with Gasteiger partial charge in [-0.3, -0.25) is 4.79 Å². The van der Waals surface area contributed by atoms with Gasteiger partial charge in [-0.25, -0.2) is 18.0 Å². The highest BCUT2D eigenvalue weighted by atomic mass is 19.2. The van der Waals surface area contributed by atoms with Crippen LogP contribution in [0.4, 0.5) is 18.9 Å². The van der Waals surface area contributed by atoms with Crippen LogP contribution >= 0.6 is 0 Å². The SMILES string of the molecule is CCCCCc1c(C)c(C(=O)C(=O)OCC)n(C)c1C.CNc1cc(F)c(F)c(F)c1. The van der Waals surface area contributed by atoms with Crippen molar-refractivity contribution in [2.24, 2.45) is 7.05 Å².